The molecule has 2 bridgehead atoms. The molecule has 1 aromatic rings. The van der Waals surface area contributed by atoms with E-state index < -0.39 is 0 Å². The van der Waals surface area contributed by atoms with Gasteiger partial charge in [-0.05, 0) is 30.7 Å². The number of hydrogen-bond donors (Lipinski definition) is 0. The lowest BCUT2D eigenvalue weighted by Crippen LogP contribution is -2.67. The Labute approximate surface area is 120 Å². The fourth-order valence-electron chi connectivity index (χ4n) is 3.31. The predicted octanol–water partition coefficient (Wildman–Crippen LogP) is 2.63. The van der Waals surface area contributed by atoms with Crippen molar-refractivity contribution in [2.75, 3.05) is 26.7 Å². The van der Waals surface area contributed by atoms with Gasteiger partial charge in [-0.3, -0.25) is 4.90 Å². The van der Waals surface area contributed by atoms with Gasteiger partial charge in [-0.1, -0.05) is 24.6 Å². The lowest BCUT2D eigenvalue weighted by Gasteiger charge is -2.56. The van der Waals surface area contributed by atoms with Gasteiger partial charge in [0, 0.05) is 31.7 Å². The number of piperazine rings is 1. The van der Waals surface area contributed by atoms with Crippen LogP contribution in [0, 0.1) is 0 Å². The Morgan fingerprint density at radius 1 is 1.32 bits per heavy atom. The summed E-state index contributed by atoms with van der Waals surface area (Å²) < 4.78 is 5.20. The molecule has 0 aliphatic carbocycles. The summed E-state index contributed by atoms with van der Waals surface area (Å²) in [5.74, 6) is 0.756. The van der Waals surface area contributed by atoms with Crippen LogP contribution in [0.4, 0.5) is 0 Å². The van der Waals surface area contributed by atoms with E-state index in [0.717, 1.165) is 24.4 Å². The highest BCUT2D eigenvalue weighted by molar-refractivity contribution is 6.32. The van der Waals surface area contributed by atoms with Crippen molar-refractivity contribution in [1.29, 1.82) is 0 Å². The van der Waals surface area contributed by atoms with Crippen molar-refractivity contribution in [2.24, 2.45) is 0 Å². The van der Waals surface area contributed by atoms with Gasteiger partial charge >= 0.3 is 0 Å². The Kier molecular flexibility index (Phi) is 3.70. The normalized spacial score (nSPS) is 27.1. The summed E-state index contributed by atoms with van der Waals surface area (Å²) in [5.41, 5.74) is 1.28. The van der Waals surface area contributed by atoms with E-state index in [1.54, 1.807) is 7.11 Å². The number of hydrogen-bond acceptors (Lipinski definition) is 3. The van der Waals surface area contributed by atoms with Gasteiger partial charge in [0.25, 0.3) is 0 Å². The molecule has 0 spiro atoms. The fraction of sp³-hybridized carbons (Fsp3) is 0.600. The van der Waals surface area contributed by atoms with Crippen LogP contribution >= 0.6 is 11.6 Å². The van der Waals surface area contributed by atoms with Gasteiger partial charge in [-0.25, -0.2) is 0 Å². The molecule has 4 heteroatoms. The molecule has 0 saturated carbocycles. The molecule has 3 aliphatic heterocycles. The second kappa shape index (κ2) is 5.31. The molecule has 2 unspecified atom stereocenters. The quantitative estimate of drug-likeness (QED) is 0.843. The van der Waals surface area contributed by atoms with Crippen LogP contribution in [0.5, 0.6) is 5.75 Å². The number of ether oxygens (including phenoxy) is 1. The van der Waals surface area contributed by atoms with Gasteiger partial charge in [-0.2, -0.15) is 0 Å². The smallest absolute Gasteiger partial charge is 0.137 e. The SMILES string of the molecule is CCN1CC2CC(C1)N2Cc1ccc(OC)c(Cl)c1. The lowest BCUT2D eigenvalue weighted by molar-refractivity contribution is -0.0732. The summed E-state index contributed by atoms with van der Waals surface area (Å²) in [7, 11) is 1.65. The third kappa shape index (κ3) is 2.47. The molecule has 3 fully saturated rings. The Morgan fingerprint density at radius 3 is 2.63 bits per heavy atom. The topological polar surface area (TPSA) is 15.7 Å². The maximum Gasteiger partial charge on any atom is 0.137 e. The minimum Gasteiger partial charge on any atom is -0.495 e. The highest BCUT2D eigenvalue weighted by Gasteiger charge is 2.43. The van der Waals surface area contributed by atoms with Gasteiger partial charge < -0.3 is 9.64 Å². The largest absolute Gasteiger partial charge is 0.495 e. The van der Waals surface area contributed by atoms with Crippen molar-refractivity contribution < 1.29 is 4.74 Å². The van der Waals surface area contributed by atoms with E-state index in [9.17, 15) is 0 Å². The van der Waals surface area contributed by atoms with Crippen molar-refractivity contribution in [2.45, 2.75) is 32.0 Å². The van der Waals surface area contributed by atoms with Crippen LogP contribution in [0.1, 0.15) is 18.9 Å². The molecule has 1 aromatic carbocycles. The van der Waals surface area contributed by atoms with Crippen molar-refractivity contribution in [1.82, 2.24) is 9.80 Å². The first-order valence-corrected chi connectivity index (χ1v) is 7.39. The Balaban J connectivity index is 1.65. The molecule has 0 radical (unpaired) electrons. The van der Waals surface area contributed by atoms with Gasteiger partial charge in [0.2, 0.25) is 0 Å². The molecule has 0 N–H and O–H groups in total. The number of benzene rings is 1. The van der Waals surface area contributed by atoms with Gasteiger partial charge in [0.15, 0.2) is 0 Å². The molecule has 2 atom stereocenters. The molecule has 3 saturated heterocycles. The molecule has 3 nitrogen and oxygen atoms in total. The van der Waals surface area contributed by atoms with E-state index in [1.165, 1.54) is 31.6 Å². The van der Waals surface area contributed by atoms with E-state index >= 15 is 0 Å². The van der Waals surface area contributed by atoms with Gasteiger partial charge in [0.1, 0.15) is 5.75 Å². The van der Waals surface area contributed by atoms with E-state index in [0.29, 0.717) is 5.02 Å². The van der Waals surface area contributed by atoms with Gasteiger partial charge in [0.05, 0.1) is 12.1 Å². The summed E-state index contributed by atoms with van der Waals surface area (Å²) in [6, 6.07) is 7.59. The molecular formula is C15H21ClN2O. The zero-order valence-electron chi connectivity index (χ0n) is 11.6. The summed E-state index contributed by atoms with van der Waals surface area (Å²) in [6.07, 6.45) is 1.36. The number of likely N-dealkylation sites (N-methyl/N-ethyl adjacent to an activating group) is 1. The first kappa shape index (κ1) is 13.2. The number of halogens is 1. The van der Waals surface area contributed by atoms with Crippen LogP contribution in [-0.2, 0) is 6.54 Å². The average molecular weight is 281 g/mol. The number of nitrogens with zero attached hydrogens (tertiary/aromatic N) is 2. The lowest BCUT2D eigenvalue weighted by atomic mass is 9.87. The zero-order valence-corrected chi connectivity index (χ0v) is 12.4. The minimum absolute atomic E-state index is 0.709. The average Bonchev–Trinajstić information content (AvgIpc) is 2.45. The highest BCUT2D eigenvalue weighted by atomic mass is 35.5. The first-order chi connectivity index (χ1) is 9.21. The van der Waals surface area contributed by atoms with Crippen LogP contribution in [0.15, 0.2) is 18.2 Å². The fourth-order valence-corrected chi connectivity index (χ4v) is 3.59. The van der Waals surface area contributed by atoms with Crippen molar-refractivity contribution in [3.05, 3.63) is 28.8 Å². The second-order valence-electron chi connectivity index (χ2n) is 5.54. The van der Waals surface area contributed by atoms with Crippen LogP contribution in [0.25, 0.3) is 0 Å². The van der Waals surface area contributed by atoms with Gasteiger partial charge in [-0.15, -0.1) is 0 Å². The second-order valence-corrected chi connectivity index (χ2v) is 5.94. The zero-order chi connectivity index (χ0) is 13.4. The van der Waals surface area contributed by atoms with Crippen molar-refractivity contribution in [3.63, 3.8) is 0 Å². The third-order valence-electron chi connectivity index (χ3n) is 4.45. The van der Waals surface area contributed by atoms with E-state index in [1.807, 2.05) is 12.1 Å². The van der Waals surface area contributed by atoms with E-state index in [4.69, 9.17) is 16.3 Å². The molecule has 4 rings (SSSR count). The van der Waals surface area contributed by atoms with Crippen molar-refractivity contribution in [3.8, 4) is 5.75 Å². The summed E-state index contributed by atoms with van der Waals surface area (Å²) in [5, 5.41) is 0.709. The van der Waals surface area contributed by atoms with Crippen LogP contribution in [0.2, 0.25) is 5.02 Å². The molecule has 3 heterocycles. The maximum absolute atomic E-state index is 6.19. The number of rotatable bonds is 4. The van der Waals surface area contributed by atoms with E-state index in [-0.39, 0.29) is 0 Å². The number of piperidine rings is 1. The number of methoxy groups -OCH3 is 1. The highest BCUT2D eigenvalue weighted by Crippen LogP contribution is 2.34. The Hall–Kier alpha value is -0.770. The predicted molar refractivity (Wildman–Crippen MR) is 77.9 cm³/mol. The summed E-state index contributed by atoms with van der Waals surface area (Å²) >= 11 is 6.19. The summed E-state index contributed by atoms with van der Waals surface area (Å²) in [4.78, 5) is 5.17. The minimum atomic E-state index is 0.709. The third-order valence-corrected chi connectivity index (χ3v) is 4.74. The monoisotopic (exact) mass is 280 g/mol. The number of fused-ring (bicyclic) bond motifs is 2. The Bertz CT molecular complexity index is 453. The van der Waals surface area contributed by atoms with Crippen molar-refractivity contribution >= 4 is 11.6 Å². The molecule has 3 aliphatic rings. The van der Waals surface area contributed by atoms with E-state index in [2.05, 4.69) is 22.8 Å². The molecular weight excluding hydrogens is 260 g/mol. The molecule has 19 heavy (non-hydrogen) atoms. The molecule has 104 valence electrons. The standard InChI is InChI=1S/C15H21ClN2O/c1-3-17-9-12-7-13(10-17)18(12)8-11-4-5-15(19-2)14(16)6-11/h4-6,12-13H,3,7-10H2,1-2H3. The summed E-state index contributed by atoms with van der Waals surface area (Å²) in [6.45, 7) is 6.87. The van der Waals surface area contributed by atoms with Crippen LogP contribution in [-0.4, -0.2) is 48.6 Å². The first-order valence-electron chi connectivity index (χ1n) is 7.01. The maximum atomic E-state index is 6.19. The van der Waals surface area contributed by atoms with Crippen LogP contribution < -0.4 is 4.74 Å². The van der Waals surface area contributed by atoms with Crippen LogP contribution in [0.3, 0.4) is 0 Å². The molecule has 0 amide bonds. The Morgan fingerprint density at radius 2 is 2.05 bits per heavy atom. The molecule has 0 aromatic heterocycles.